The van der Waals surface area contributed by atoms with E-state index in [1.54, 1.807) is 12.1 Å². The lowest BCUT2D eigenvalue weighted by Crippen LogP contribution is -2.34. The van der Waals surface area contributed by atoms with Gasteiger partial charge in [0.15, 0.2) is 0 Å². The van der Waals surface area contributed by atoms with Gasteiger partial charge in [-0.15, -0.1) is 0 Å². The number of amides is 1. The van der Waals surface area contributed by atoms with E-state index in [9.17, 15) is 13.6 Å². The molecule has 21 heavy (non-hydrogen) atoms. The summed E-state index contributed by atoms with van der Waals surface area (Å²) in [5.74, 6) is -0.257. The fourth-order valence-electron chi connectivity index (χ4n) is 1.84. The molecule has 0 spiro atoms. The third-order valence-electron chi connectivity index (χ3n) is 2.94. The summed E-state index contributed by atoms with van der Waals surface area (Å²) in [4.78, 5) is 13.1. The van der Waals surface area contributed by atoms with E-state index < -0.39 is 13.0 Å². The number of nitrogens with one attached hydrogen (secondary N) is 1. The monoisotopic (exact) mass is 301 g/mol. The van der Waals surface area contributed by atoms with Gasteiger partial charge in [-0.25, -0.2) is 8.78 Å². The molecule has 0 atom stereocenters. The van der Waals surface area contributed by atoms with Gasteiger partial charge in [-0.3, -0.25) is 9.69 Å². The second-order valence-electron chi connectivity index (χ2n) is 4.61. The number of benzene rings is 1. The second kappa shape index (κ2) is 9.38. The van der Waals surface area contributed by atoms with Gasteiger partial charge in [0, 0.05) is 31.7 Å². The molecule has 1 aromatic rings. The number of halogens is 2. The molecule has 0 saturated carbocycles. The minimum absolute atomic E-state index is 0.0887. The second-order valence-corrected chi connectivity index (χ2v) is 4.61. The van der Waals surface area contributed by atoms with Crippen LogP contribution in [0.25, 0.3) is 0 Å². The van der Waals surface area contributed by atoms with Crippen molar-refractivity contribution in [2.45, 2.75) is 19.4 Å². The Kier molecular flexibility index (Phi) is 7.81. The summed E-state index contributed by atoms with van der Waals surface area (Å²) in [6, 6.07) is 7.10. The minimum Gasteiger partial charge on any atom is -0.395 e. The van der Waals surface area contributed by atoms with Crippen LogP contribution in [0.15, 0.2) is 24.3 Å². The quantitative estimate of drug-likeness (QED) is 0.636. The average Bonchev–Trinajstić information content (AvgIpc) is 2.45. The molecule has 0 aliphatic rings. The summed E-state index contributed by atoms with van der Waals surface area (Å²) in [5.41, 5.74) is 7.07. The molecule has 118 valence electrons. The van der Waals surface area contributed by atoms with Crippen molar-refractivity contribution in [1.29, 1.82) is 0 Å². The van der Waals surface area contributed by atoms with Crippen molar-refractivity contribution in [3.63, 3.8) is 0 Å². The Morgan fingerprint density at radius 3 is 2.48 bits per heavy atom. The lowest BCUT2D eigenvalue weighted by atomic mass is 10.2. The van der Waals surface area contributed by atoms with Crippen molar-refractivity contribution in [1.82, 2.24) is 4.90 Å². The third-order valence-corrected chi connectivity index (χ3v) is 2.94. The molecule has 0 heterocycles. The normalized spacial score (nSPS) is 11.1. The van der Waals surface area contributed by atoms with Crippen LogP contribution < -0.4 is 11.1 Å². The summed E-state index contributed by atoms with van der Waals surface area (Å²) in [7, 11) is 0. The number of carbonyl (C=O) groups excluding carboxylic acids is 1. The van der Waals surface area contributed by atoms with Gasteiger partial charge < -0.3 is 16.2 Å². The molecule has 5 nitrogen and oxygen atoms in total. The van der Waals surface area contributed by atoms with E-state index in [2.05, 4.69) is 5.32 Å². The number of rotatable bonds is 9. The number of nitrogens with two attached hydrogens (primary N) is 1. The van der Waals surface area contributed by atoms with Crippen LogP contribution in [-0.4, -0.2) is 48.6 Å². The van der Waals surface area contributed by atoms with Crippen LogP contribution in [0, 0.1) is 0 Å². The third kappa shape index (κ3) is 7.12. The van der Waals surface area contributed by atoms with Crippen LogP contribution >= 0.6 is 0 Å². The SMILES string of the molecule is NCc1ccc(NC(=O)CCN(CCO)CC(F)F)cc1. The standard InChI is InChI=1S/C14H21F2N3O2/c15-13(16)10-19(7-8-20)6-5-14(21)18-12-3-1-11(9-17)2-4-12/h1-4,13,20H,5-10,17H2,(H,18,21). The minimum atomic E-state index is -2.48. The van der Waals surface area contributed by atoms with E-state index in [-0.39, 0.29) is 32.0 Å². The molecule has 0 aromatic heterocycles. The lowest BCUT2D eigenvalue weighted by Gasteiger charge is -2.20. The number of anilines is 1. The van der Waals surface area contributed by atoms with Gasteiger partial charge >= 0.3 is 0 Å². The van der Waals surface area contributed by atoms with E-state index in [0.29, 0.717) is 12.2 Å². The van der Waals surface area contributed by atoms with Crippen LogP contribution in [0.3, 0.4) is 0 Å². The Morgan fingerprint density at radius 2 is 1.95 bits per heavy atom. The van der Waals surface area contributed by atoms with Crippen LogP contribution in [0.4, 0.5) is 14.5 Å². The maximum Gasteiger partial charge on any atom is 0.251 e. The fraction of sp³-hybridized carbons (Fsp3) is 0.500. The van der Waals surface area contributed by atoms with Gasteiger partial charge in [0.2, 0.25) is 5.91 Å². The summed E-state index contributed by atoms with van der Waals surface area (Å²) < 4.78 is 24.6. The van der Waals surface area contributed by atoms with Crippen molar-refractivity contribution in [2.24, 2.45) is 5.73 Å². The van der Waals surface area contributed by atoms with Crippen LogP contribution in [0.5, 0.6) is 0 Å². The first-order valence-electron chi connectivity index (χ1n) is 6.75. The first kappa shape index (κ1) is 17.5. The highest BCUT2D eigenvalue weighted by Crippen LogP contribution is 2.09. The number of alkyl halides is 2. The van der Waals surface area contributed by atoms with Gasteiger partial charge in [-0.05, 0) is 17.7 Å². The highest BCUT2D eigenvalue weighted by molar-refractivity contribution is 5.90. The van der Waals surface area contributed by atoms with Gasteiger partial charge in [-0.2, -0.15) is 0 Å². The van der Waals surface area contributed by atoms with Crippen LogP contribution in [0.1, 0.15) is 12.0 Å². The summed E-state index contributed by atoms with van der Waals surface area (Å²) in [6.45, 7) is 0.0757. The molecule has 1 aromatic carbocycles. The Balaban J connectivity index is 2.40. The van der Waals surface area contributed by atoms with Crippen molar-refractivity contribution in [3.8, 4) is 0 Å². The van der Waals surface area contributed by atoms with Crippen LogP contribution in [-0.2, 0) is 11.3 Å². The molecule has 0 unspecified atom stereocenters. The molecule has 0 fully saturated rings. The van der Waals surface area contributed by atoms with Gasteiger partial charge in [-0.1, -0.05) is 12.1 Å². The Hall–Kier alpha value is -1.57. The molecular formula is C14H21F2N3O2. The molecule has 7 heteroatoms. The molecular weight excluding hydrogens is 280 g/mol. The number of aliphatic hydroxyl groups is 1. The highest BCUT2D eigenvalue weighted by atomic mass is 19.3. The van der Waals surface area contributed by atoms with E-state index in [1.807, 2.05) is 12.1 Å². The Bertz CT molecular complexity index is 427. The molecule has 0 aliphatic heterocycles. The maximum atomic E-state index is 12.3. The van der Waals surface area contributed by atoms with E-state index in [0.717, 1.165) is 5.56 Å². The topological polar surface area (TPSA) is 78.6 Å². The van der Waals surface area contributed by atoms with E-state index >= 15 is 0 Å². The number of aliphatic hydroxyl groups excluding tert-OH is 1. The summed E-state index contributed by atoms with van der Waals surface area (Å²) >= 11 is 0. The largest absolute Gasteiger partial charge is 0.395 e. The number of hydrogen-bond acceptors (Lipinski definition) is 4. The molecule has 0 aliphatic carbocycles. The number of nitrogens with zero attached hydrogens (tertiary/aromatic N) is 1. The van der Waals surface area contributed by atoms with Crippen molar-refractivity contribution in [3.05, 3.63) is 29.8 Å². The zero-order valence-corrected chi connectivity index (χ0v) is 11.8. The van der Waals surface area contributed by atoms with Crippen molar-refractivity contribution in [2.75, 3.05) is 31.6 Å². The van der Waals surface area contributed by atoms with Gasteiger partial charge in [0.1, 0.15) is 0 Å². The predicted molar refractivity (Wildman–Crippen MR) is 77.1 cm³/mol. The molecule has 1 amide bonds. The van der Waals surface area contributed by atoms with Crippen LogP contribution in [0.2, 0.25) is 0 Å². The molecule has 0 bridgehead atoms. The first-order valence-corrected chi connectivity index (χ1v) is 6.75. The maximum absolute atomic E-state index is 12.3. The Morgan fingerprint density at radius 1 is 1.29 bits per heavy atom. The average molecular weight is 301 g/mol. The van der Waals surface area contributed by atoms with E-state index in [1.165, 1.54) is 4.90 Å². The Labute approximate surface area is 122 Å². The number of hydrogen-bond donors (Lipinski definition) is 3. The lowest BCUT2D eigenvalue weighted by molar-refractivity contribution is -0.116. The first-order chi connectivity index (χ1) is 10.0. The predicted octanol–water partition coefficient (Wildman–Crippen LogP) is 1.03. The van der Waals surface area contributed by atoms with Gasteiger partial charge in [0.25, 0.3) is 6.43 Å². The molecule has 0 saturated heterocycles. The van der Waals surface area contributed by atoms with E-state index in [4.69, 9.17) is 10.8 Å². The summed E-state index contributed by atoms with van der Waals surface area (Å²) in [6.07, 6.45) is -2.39. The van der Waals surface area contributed by atoms with Gasteiger partial charge in [0.05, 0.1) is 13.2 Å². The van der Waals surface area contributed by atoms with Crippen molar-refractivity contribution < 1.29 is 18.7 Å². The number of carbonyl (C=O) groups is 1. The summed E-state index contributed by atoms with van der Waals surface area (Å²) in [5, 5.41) is 11.5. The highest BCUT2D eigenvalue weighted by Gasteiger charge is 2.13. The van der Waals surface area contributed by atoms with Crippen molar-refractivity contribution >= 4 is 11.6 Å². The smallest absolute Gasteiger partial charge is 0.251 e. The molecule has 4 N–H and O–H groups in total. The fourth-order valence-corrected chi connectivity index (χ4v) is 1.84. The molecule has 0 radical (unpaired) electrons. The zero-order chi connectivity index (χ0) is 15.7. The molecule has 1 rings (SSSR count). The zero-order valence-electron chi connectivity index (χ0n) is 11.8.